The van der Waals surface area contributed by atoms with E-state index in [4.69, 9.17) is 9.47 Å². The van der Waals surface area contributed by atoms with Crippen LogP contribution in [0.25, 0.3) is 0 Å². The molecule has 0 atom stereocenters. The van der Waals surface area contributed by atoms with Crippen LogP contribution in [0, 0.1) is 23.3 Å². The molecule has 204 valence electrons. The lowest BCUT2D eigenvalue weighted by atomic mass is 10.3. The zero-order valence-electron chi connectivity index (χ0n) is 19.3. The van der Waals surface area contributed by atoms with Crippen LogP contribution in [-0.4, -0.2) is 31.9 Å². The van der Waals surface area contributed by atoms with Crippen molar-refractivity contribution in [3.05, 3.63) is 96.3 Å². The number of nitrogens with one attached hydrogen (secondary N) is 2. The summed E-state index contributed by atoms with van der Waals surface area (Å²) in [5, 5.41) is -1.38. The lowest BCUT2D eigenvalue weighted by Gasteiger charge is -2.11. The standard InChI is InChI=1S/C23H16F4N4O6S2/c24-14-1-5-20(18(26)9-14)36-22-7-3-16(11-28-22)30-38(32,33)13-39(34,35)31-17-4-8-23(29-12-17)37-21-6-2-15(25)10-19(21)27/h1-12,30-31H,13H2. The second kappa shape index (κ2) is 11.1. The molecule has 10 nitrogen and oxygen atoms in total. The van der Waals surface area contributed by atoms with Crippen LogP contribution >= 0.6 is 0 Å². The molecule has 4 aromatic rings. The van der Waals surface area contributed by atoms with E-state index in [0.717, 1.165) is 36.7 Å². The molecule has 4 rings (SSSR count). The van der Waals surface area contributed by atoms with Gasteiger partial charge < -0.3 is 9.47 Å². The maximum atomic E-state index is 13.7. The fourth-order valence-electron chi connectivity index (χ4n) is 2.97. The number of halogens is 4. The molecule has 0 saturated carbocycles. The number of aromatic nitrogens is 2. The maximum absolute atomic E-state index is 13.7. The number of benzene rings is 2. The van der Waals surface area contributed by atoms with E-state index in [9.17, 15) is 34.4 Å². The van der Waals surface area contributed by atoms with Gasteiger partial charge in [-0.15, -0.1) is 0 Å². The predicted octanol–water partition coefficient (Wildman–Crippen LogP) is 4.76. The molecule has 0 unspecified atom stereocenters. The molecule has 2 N–H and O–H groups in total. The van der Waals surface area contributed by atoms with Crippen LogP contribution in [-0.2, 0) is 20.0 Å². The van der Waals surface area contributed by atoms with Gasteiger partial charge in [0.25, 0.3) is 0 Å². The third-order valence-corrected chi connectivity index (χ3v) is 8.12. The zero-order chi connectivity index (χ0) is 28.2. The van der Waals surface area contributed by atoms with Gasteiger partial charge in [0.15, 0.2) is 28.2 Å². The minimum Gasteiger partial charge on any atom is -0.436 e. The van der Waals surface area contributed by atoms with E-state index < -0.39 is 48.4 Å². The quantitative estimate of drug-likeness (QED) is 0.255. The molecular formula is C23H16F4N4O6S2. The molecular weight excluding hydrogens is 568 g/mol. The van der Waals surface area contributed by atoms with Gasteiger partial charge >= 0.3 is 0 Å². The van der Waals surface area contributed by atoms with E-state index in [0.29, 0.717) is 12.1 Å². The summed E-state index contributed by atoms with van der Waals surface area (Å²) in [7, 11) is -8.91. The van der Waals surface area contributed by atoms with Crippen LogP contribution in [0.15, 0.2) is 73.1 Å². The number of hydrogen-bond acceptors (Lipinski definition) is 8. The highest BCUT2D eigenvalue weighted by Crippen LogP contribution is 2.26. The Morgan fingerprint density at radius 2 is 1.03 bits per heavy atom. The molecule has 0 aliphatic rings. The van der Waals surface area contributed by atoms with Gasteiger partial charge in [0.1, 0.15) is 11.6 Å². The van der Waals surface area contributed by atoms with Crippen molar-refractivity contribution >= 4 is 31.4 Å². The second-order valence-corrected chi connectivity index (χ2v) is 11.5. The molecule has 2 heterocycles. The molecule has 2 aromatic heterocycles. The molecule has 0 aliphatic carbocycles. The van der Waals surface area contributed by atoms with Crippen molar-refractivity contribution < 1.29 is 43.9 Å². The van der Waals surface area contributed by atoms with Crippen LogP contribution < -0.4 is 18.9 Å². The topological polar surface area (TPSA) is 137 Å². The number of sulfonamides is 2. The Morgan fingerprint density at radius 1 is 0.615 bits per heavy atom. The third kappa shape index (κ3) is 7.78. The summed E-state index contributed by atoms with van der Waals surface area (Å²) in [6.07, 6.45) is 2.00. The van der Waals surface area contributed by atoms with E-state index in [-0.39, 0.29) is 34.6 Å². The molecule has 0 spiro atoms. The Hall–Kier alpha value is -4.44. The monoisotopic (exact) mass is 584 g/mol. The molecule has 0 radical (unpaired) electrons. The first-order valence-electron chi connectivity index (χ1n) is 10.6. The van der Waals surface area contributed by atoms with Gasteiger partial charge in [0, 0.05) is 24.3 Å². The molecule has 16 heteroatoms. The summed E-state index contributed by atoms with van der Waals surface area (Å²) in [5.41, 5.74) is -0.235. The Kier molecular flexibility index (Phi) is 7.87. The average Bonchev–Trinajstić information content (AvgIpc) is 2.84. The van der Waals surface area contributed by atoms with E-state index in [2.05, 4.69) is 9.97 Å². The summed E-state index contributed by atoms with van der Waals surface area (Å²) in [6, 6.07) is 10.00. The normalized spacial score (nSPS) is 11.6. The Morgan fingerprint density at radius 3 is 1.36 bits per heavy atom. The Labute approximate surface area is 219 Å². The molecule has 0 amide bonds. The van der Waals surface area contributed by atoms with E-state index in [1.54, 1.807) is 0 Å². The highest BCUT2D eigenvalue weighted by molar-refractivity contribution is 8.09. The summed E-state index contributed by atoms with van der Waals surface area (Å²) in [4.78, 5) is 7.59. The van der Waals surface area contributed by atoms with Crippen LogP contribution in [0.5, 0.6) is 23.3 Å². The summed E-state index contributed by atoms with van der Waals surface area (Å²) in [6.45, 7) is 0. The predicted molar refractivity (Wildman–Crippen MR) is 131 cm³/mol. The number of nitrogens with zero attached hydrogens (tertiary/aromatic N) is 2. The number of rotatable bonds is 10. The van der Waals surface area contributed by atoms with Crippen LogP contribution in [0.2, 0.25) is 0 Å². The third-order valence-electron chi connectivity index (χ3n) is 4.55. The smallest absolute Gasteiger partial charge is 0.249 e. The Balaban J connectivity index is 1.35. The van der Waals surface area contributed by atoms with Crippen molar-refractivity contribution in [3.8, 4) is 23.3 Å². The van der Waals surface area contributed by atoms with Gasteiger partial charge in [0.2, 0.25) is 31.8 Å². The van der Waals surface area contributed by atoms with Gasteiger partial charge in [-0.3, -0.25) is 9.44 Å². The SMILES string of the molecule is O=S(=O)(CS(=O)(=O)Nc1ccc(Oc2ccc(F)cc2F)nc1)Nc1ccc(Oc2ccc(F)cc2F)nc1. The van der Waals surface area contributed by atoms with Crippen molar-refractivity contribution in [2.45, 2.75) is 0 Å². The largest absolute Gasteiger partial charge is 0.436 e. The van der Waals surface area contributed by atoms with E-state index in [1.165, 1.54) is 24.3 Å². The molecule has 39 heavy (non-hydrogen) atoms. The highest BCUT2D eigenvalue weighted by Gasteiger charge is 2.23. The van der Waals surface area contributed by atoms with Crippen molar-refractivity contribution in [2.75, 3.05) is 14.5 Å². The molecule has 0 fully saturated rings. The number of hydrogen-bond donors (Lipinski definition) is 2. The van der Waals surface area contributed by atoms with Crippen LogP contribution in [0.3, 0.4) is 0 Å². The van der Waals surface area contributed by atoms with Gasteiger partial charge in [-0.05, 0) is 36.4 Å². The first-order valence-corrected chi connectivity index (χ1v) is 13.9. The van der Waals surface area contributed by atoms with Crippen LogP contribution in [0.4, 0.5) is 28.9 Å². The number of ether oxygens (including phenoxy) is 2. The fourth-order valence-corrected chi connectivity index (χ4v) is 6.03. The van der Waals surface area contributed by atoms with Gasteiger partial charge in [0.05, 0.1) is 23.8 Å². The average molecular weight is 585 g/mol. The minimum atomic E-state index is -4.45. The zero-order valence-corrected chi connectivity index (χ0v) is 20.9. The van der Waals surface area contributed by atoms with Crippen molar-refractivity contribution in [1.82, 2.24) is 9.97 Å². The summed E-state index contributed by atoms with van der Waals surface area (Å²) in [5.74, 6) is -4.46. The van der Waals surface area contributed by atoms with Gasteiger partial charge in [-0.2, -0.15) is 0 Å². The van der Waals surface area contributed by atoms with E-state index in [1.807, 2.05) is 9.44 Å². The van der Waals surface area contributed by atoms with Crippen molar-refractivity contribution in [2.24, 2.45) is 0 Å². The highest BCUT2D eigenvalue weighted by atomic mass is 32.3. The lowest BCUT2D eigenvalue weighted by molar-refractivity contribution is 0.424. The molecule has 2 aromatic carbocycles. The number of anilines is 2. The van der Waals surface area contributed by atoms with E-state index >= 15 is 0 Å². The number of pyridine rings is 2. The van der Waals surface area contributed by atoms with Gasteiger partial charge in [-0.1, -0.05) is 0 Å². The molecule has 0 aliphatic heterocycles. The van der Waals surface area contributed by atoms with Crippen LogP contribution in [0.1, 0.15) is 0 Å². The van der Waals surface area contributed by atoms with Gasteiger partial charge in [-0.25, -0.2) is 44.4 Å². The van der Waals surface area contributed by atoms with Crippen molar-refractivity contribution in [3.63, 3.8) is 0 Å². The maximum Gasteiger partial charge on any atom is 0.249 e. The lowest BCUT2D eigenvalue weighted by Crippen LogP contribution is -2.27. The second-order valence-electron chi connectivity index (χ2n) is 7.68. The summed E-state index contributed by atoms with van der Waals surface area (Å²) < 4.78 is 117. The van der Waals surface area contributed by atoms with Crippen molar-refractivity contribution in [1.29, 1.82) is 0 Å². The first-order chi connectivity index (χ1) is 18.4. The summed E-state index contributed by atoms with van der Waals surface area (Å²) >= 11 is 0. The minimum absolute atomic E-state index is 0.117. The fraction of sp³-hybridized carbons (Fsp3) is 0.0435. The molecule has 0 bridgehead atoms. The Bertz CT molecular complexity index is 1580. The first kappa shape index (κ1) is 27.6. The molecule has 0 saturated heterocycles.